The molecule has 0 radical (unpaired) electrons. The van der Waals surface area contributed by atoms with Crippen LogP contribution < -0.4 is 4.74 Å². The van der Waals surface area contributed by atoms with Crippen molar-refractivity contribution in [2.75, 3.05) is 7.11 Å². The van der Waals surface area contributed by atoms with E-state index in [1.165, 1.54) is 19.3 Å². The number of benzene rings is 1. The Morgan fingerprint density at radius 2 is 2.16 bits per heavy atom. The van der Waals surface area contributed by atoms with Gasteiger partial charge in [0.25, 0.3) is 0 Å². The van der Waals surface area contributed by atoms with Crippen LogP contribution in [0.15, 0.2) is 16.6 Å². The standard InChI is InChI=1S/C15H18BrClO2/c1-19-15-12(6-10(17)7-13(15)16)14(18)11-5-8-2-3-9(11)4-8/h6-9,11,14,18H,2-5H2,1H3. The summed E-state index contributed by atoms with van der Waals surface area (Å²) in [5, 5.41) is 11.4. The fourth-order valence-electron chi connectivity index (χ4n) is 3.93. The Bertz CT molecular complexity index is 491. The molecular formula is C15H18BrClO2. The van der Waals surface area contributed by atoms with Crippen LogP contribution >= 0.6 is 27.5 Å². The van der Waals surface area contributed by atoms with Crippen LogP contribution in [0, 0.1) is 17.8 Å². The maximum absolute atomic E-state index is 10.7. The van der Waals surface area contributed by atoms with E-state index in [-0.39, 0.29) is 0 Å². The predicted molar refractivity (Wildman–Crippen MR) is 79.6 cm³/mol. The molecule has 4 heteroatoms. The van der Waals surface area contributed by atoms with Crippen LogP contribution in [0.4, 0.5) is 0 Å². The molecule has 1 aromatic rings. The number of hydrogen-bond donors (Lipinski definition) is 1. The Balaban J connectivity index is 1.93. The van der Waals surface area contributed by atoms with Crippen molar-refractivity contribution in [3.8, 4) is 5.75 Å². The fraction of sp³-hybridized carbons (Fsp3) is 0.600. The van der Waals surface area contributed by atoms with Crippen molar-refractivity contribution in [2.45, 2.75) is 31.8 Å². The molecule has 0 aliphatic heterocycles. The van der Waals surface area contributed by atoms with Crippen molar-refractivity contribution in [2.24, 2.45) is 17.8 Å². The predicted octanol–water partition coefficient (Wildman–Crippen LogP) is 4.58. The topological polar surface area (TPSA) is 29.5 Å². The minimum absolute atomic E-state index is 0.359. The monoisotopic (exact) mass is 344 g/mol. The first kappa shape index (κ1) is 13.7. The highest BCUT2D eigenvalue weighted by Crippen LogP contribution is 2.54. The summed E-state index contributed by atoms with van der Waals surface area (Å²) in [4.78, 5) is 0. The van der Waals surface area contributed by atoms with E-state index in [9.17, 15) is 5.11 Å². The van der Waals surface area contributed by atoms with Crippen molar-refractivity contribution in [1.82, 2.24) is 0 Å². The lowest BCUT2D eigenvalue weighted by atomic mass is 9.82. The average Bonchev–Trinajstić information content (AvgIpc) is 2.99. The summed E-state index contributed by atoms with van der Waals surface area (Å²) in [5.41, 5.74) is 0.819. The second kappa shape index (κ2) is 5.27. The van der Waals surface area contributed by atoms with Gasteiger partial charge >= 0.3 is 0 Å². The van der Waals surface area contributed by atoms with Crippen LogP contribution in [-0.2, 0) is 0 Å². The lowest BCUT2D eigenvalue weighted by molar-refractivity contribution is 0.0722. The molecule has 4 atom stereocenters. The maximum Gasteiger partial charge on any atom is 0.138 e. The molecule has 1 aromatic carbocycles. The van der Waals surface area contributed by atoms with E-state index < -0.39 is 6.10 Å². The fourth-order valence-corrected chi connectivity index (χ4v) is 4.92. The smallest absolute Gasteiger partial charge is 0.138 e. The highest BCUT2D eigenvalue weighted by atomic mass is 79.9. The summed E-state index contributed by atoms with van der Waals surface area (Å²) in [5.74, 6) is 2.55. The average molecular weight is 346 g/mol. The van der Waals surface area contributed by atoms with Crippen molar-refractivity contribution < 1.29 is 9.84 Å². The Hall–Kier alpha value is -0.250. The molecule has 0 heterocycles. The van der Waals surface area contributed by atoms with Crippen molar-refractivity contribution in [3.05, 3.63) is 27.2 Å². The molecule has 0 amide bonds. The highest BCUT2D eigenvalue weighted by molar-refractivity contribution is 9.10. The molecule has 2 bridgehead atoms. The first-order valence-electron chi connectivity index (χ1n) is 6.81. The number of halogens is 2. The van der Waals surface area contributed by atoms with Gasteiger partial charge in [-0.3, -0.25) is 0 Å². The molecular weight excluding hydrogens is 328 g/mol. The van der Waals surface area contributed by atoms with E-state index in [1.54, 1.807) is 13.2 Å². The zero-order valence-corrected chi connectivity index (χ0v) is 13.2. The summed E-state index contributed by atoms with van der Waals surface area (Å²) >= 11 is 9.57. The van der Waals surface area contributed by atoms with Crippen molar-refractivity contribution >= 4 is 27.5 Å². The van der Waals surface area contributed by atoms with E-state index in [2.05, 4.69) is 15.9 Å². The molecule has 19 heavy (non-hydrogen) atoms. The normalized spacial score (nSPS) is 30.6. The third-order valence-corrected chi connectivity index (χ3v) is 5.57. The minimum Gasteiger partial charge on any atom is -0.495 e. The van der Waals surface area contributed by atoms with Crippen LogP contribution in [0.25, 0.3) is 0 Å². The molecule has 2 aliphatic carbocycles. The molecule has 0 saturated heterocycles. The van der Waals surface area contributed by atoms with Gasteiger partial charge in [-0.2, -0.15) is 0 Å². The molecule has 3 rings (SSSR count). The van der Waals surface area contributed by atoms with Crippen LogP contribution in [0.1, 0.15) is 37.4 Å². The van der Waals surface area contributed by atoms with Gasteiger partial charge in [-0.25, -0.2) is 0 Å². The third kappa shape index (κ3) is 2.41. The van der Waals surface area contributed by atoms with Crippen molar-refractivity contribution in [1.29, 1.82) is 0 Å². The van der Waals surface area contributed by atoms with E-state index in [4.69, 9.17) is 16.3 Å². The van der Waals surface area contributed by atoms with Crippen molar-refractivity contribution in [3.63, 3.8) is 0 Å². The highest BCUT2D eigenvalue weighted by Gasteiger charge is 2.43. The number of ether oxygens (including phenoxy) is 1. The molecule has 0 spiro atoms. The van der Waals surface area contributed by atoms with Gasteiger partial charge in [0, 0.05) is 10.6 Å². The number of fused-ring (bicyclic) bond motifs is 2. The molecule has 2 saturated carbocycles. The van der Waals surface area contributed by atoms with E-state index in [1.807, 2.05) is 6.07 Å². The molecule has 2 aliphatic rings. The summed E-state index contributed by atoms with van der Waals surface area (Å²) in [6, 6.07) is 3.64. The third-order valence-electron chi connectivity index (χ3n) is 4.76. The number of rotatable bonds is 3. The molecule has 2 nitrogen and oxygen atoms in total. The van der Waals surface area contributed by atoms with Crippen LogP contribution in [-0.4, -0.2) is 12.2 Å². The Kier molecular flexibility index (Phi) is 3.80. The minimum atomic E-state index is -0.472. The van der Waals surface area contributed by atoms with E-state index >= 15 is 0 Å². The largest absolute Gasteiger partial charge is 0.495 e. The lowest BCUT2D eigenvalue weighted by Crippen LogP contribution is -2.19. The van der Waals surface area contributed by atoms with Gasteiger partial charge in [0.2, 0.25) is 0 Å². The van der Waals surface area contributed by atoms with Gasteiger partial charge in [-0.05, 0) is 65.1 Å². The zero-order valence-electron chi connectivity index (χ0n) is 10.9. The summed E-state index contributed by atoms with van der Waals surface area (Å²) < 4.78 is 6.23. The quantitative estimate of drug-likeness (QED) is 0.869. The van der Waals surface area contributed by atoms with Crippen LogP contribution in [0.5, 0.6) is 5.75 Å². The number of aliphatic hydroxyl groups excluding tert-OH is 1. The first-order valence-corrected chi connectivity index (χ1v) is 7.98. The number of hydrogen-bond acceptors (Lipinski definition) is 2. The summed E-state index contributed by atoms with van der Waals surface area (Å²) in [6.45, 7) is 0. The lowest BCUT2D eigenvalue weighted by Gasteiger charge is -2.28. The molecule has 104 valence electrons. The summed E-state index contributed by atoms with van der Waals surface area (Å²) in [7, 11) is 1.63. The second-order valence-electron chi connectivity index (χ2n) is 5.79. The molecule has 4 unspecified atom stereocenters. The van der Waals surface area contributed by atoms with Crippen LogP contribution in [0.2, 0.25) is 5.02 Å². The molecule has 0 aromatic heterocycles. The van der Waals surface area contributed by atoms with Gasteiger partial charge in [0.1, 0.15) is 5.75 Å². The van der Waals surface area contributed by atoms with Gasteiger partial charge in [0.15, 0.2) is 0 Å². The second-order valence-corrected chi connectivity index (χ2v) is 7.08. The number of methoxy groups -OCH3 is 1. The Labute approximate surface area is 127 Å². The maximum atomic E-state index is 10.7. The van der Waals surface area contributed by atoms with Gasteiger partial charge in [-0.15, -0.1) is 0 Å². The van der Waals surface area contributed by atoms with E-state index in [0.717, 1.165) is 22.4 Å². The van der Waals surface area contributed by atoms with Gasteiger partial charge in [-0.1, -0.05) is 18.0 Å². The SMILES string of the molecule is COc1c(Br)cc(Cl)cc1C(O)C1CC2CCC1C2. The van der Waals surface area contributed by atoms with E-state index in [0.29, 0.717) is 22.6 Å². The summed E-state index contributed by atoms with van der Waals surface area (Å²) in [6.07, 6.45) is 4.55. The van der Waals surface area contributed by atoms with Crippen LogP contribution in [0.3, 0.4) is 0 Å². The van der Waals surface area contributed by atoms with Gasteiger partial charge in [0.05, 0.1) is 17.7 Å². The molecule has 1 N–H and O–H groups in total. The van der Waals surface area contributed by atoms with Gasteiger partial charge < -0.3 is 9.84 Å². The first-order chi connectivity index (χ1) is 9.10. The Morgan fingerprint density at radius 1 is 1.37 bits per heavy atom. The molecule has 2 fully saturated rings. The zero-order chi connectivity index (χ0) is 13.6. The number of aliphatic hydroxyl groups is 1. The Morgan fingerprint density at radius 3 is 2.74 bits per heavy atom.